The summed E-state index contributed by atoms with van der Waals surface area (Å²) in [6, 6.07) is 6.55. The molecule has 1 unspecified atom stereocenters. The van der Waals surface area contributed by atoms with Gasteiger partial charge in [-0.3, -0.25) is 4.79 Å². The summed E-state index contributed by atoms with van der Waals surface area (Å²) in [4.78, 5) is 13.8. The molecule has 0 saturated carbocycles. The maximum Gasteiger partial charge on any atom is 0.207 e. The van der Waals surface area contributed by atoms with Gasteiger partial charge in [-0.2, -0.15) is 0 Å². The Kier molecular flexibility index (Phi) is 2.80. The predicted molar refractivity (Wildman–Crippen MR) is 71.2 cm³/mol. The Morgan fingerprint density at radius 3 is 3.22 bits per heavy atom. The Morgan fingerprint density at radius 1 is 1.50 bits per heavy atom. The SMILES string of the molecule is NC1CCc2[nH]c3ccc(CNC=O)cc3c2C1. The third-order valence-electron chi connectivity index (χ3n) is 3.68. The predicted octanol–water partition coefficient (Wildman–Crippen LogP) is 1.23. The molecule has 1 heterocycles. The molecule has 0 fully saturated rings. The van der Waals surface area contributed by atoms with E-state index < -0.39 is 0 Å². The Hall–Kier alpha value is -1.81. The molecule has 1 amide bonds. The molecular formula is C14H17N3O. The van der Waals surface area contributed by atoms with Gasteiger partial charge in [0.1, 0.15) is 0 Å². The topological polar surface area (TPSA) is 70.9 Å². The van der Waals surface area contributed by atoms with E-state index in [1.165, 1.54) is 22.2 Å². The van der Waals surface area contributed by atoms with E-state index in [1.54, 1.807) is 0 Å². The van der Waals surface area contributed by atoms with E-state index in [0.717, 1.165) is 31.2 Å². The zero-order valence-electron chi connectivity index (χ0n) is 10.2. The molecule has 1 aromatic carbocycles. The lowest BCUT2D eigenvalue weighted by molar-refractivity contribution is -0.109. The lowest BCUT2D eigenvalue weighted by Gasteiger charge is -2.18. The first-order valence-corrected chi connectivity index (χ1v) is 6.33. The second-order valence-electron chi connectivity index (χ2n) is 4.96. The van der Waals surface area contributed by atoms with Gasteiger partial charge in [0, 0.05) is 29.2 Å². The number of carbonyl (C=O) groups excluding carboxylic acids is 1. The van der Waals surface area contributed by atoms with Gasteiger partial charge < -0.3 is 16.0 Å². The highest BCUT2D eigenvalue weighted by atomic mass is 16.1. The van der Waals surface area contributed by atoms with Crippen LogP contribution < -0.4 is 11.1 Å². The van der Waals surface area contributed by atoms with Crippen LogP contribution in [0.4, 0.5) is 0 Å². The number of benzene rings is 1. The maximum atomic E-state index is 10.3. The number of hydrogen-bond acceptors (Lipinski definition) is 2. The van der Waals surface area contributed by atoms with Crippen LogP contribution in [0.1, 0.15) is 23.2 Å². The minimum atomic E-state index is 0.272. The number of aryl methyl sites for hydroxylation is 1. The molecule has 4 nitrogen and oxygen atoms in total. The van der Waals surface area contributed by atoms with Crippen LogP contribution in [-0.2, 0) is 24.2 Å². The van der Waals surface area contributed by atoms with Gasteiger partial charge in [0.05, 0.1) is 0 Å². The molecule has 4 heteroatoms. The first-order chi connectivity index (χ1) is 8.78. The van der Waals surface area contributed by atoms with Crippen molar-refractivity contribution in [3.8, 4) is 0 Å². The van der Waals surface area contributed by atoms with Crippen LogP contribution >= 0.6 is 0 Å². The fraction of sp³-hybridized carbons (Fsp3) is 0.357. The molecule has 2 aromatic rings. The molecule has 0 spiro atoms. The van der Waals surface area contributed by atoms with Crippen molar-refractivity contribution in [1.29, 1.82) is 0 Å². The molecule has 1 atom stereocenters. The van der Waals surface area contributed by atoms with E-state index in [-0.39, 0.29) is 6.04 Å². The highest BCUT2D eigenvalue weighted by molar-refractivity contribution is 5.85. The number of carbonyl (C=O) groups is 1. The van der Waals surface area contributed by atoms with Crippen molar-refractivity contribution < 1.29 is 4.79 Å². The molecule has 3 rings (SSSR count). The minimum absolute atomic E-state index is 0.272. The molecule has 4 N–H and O–H groups in total. The Bertz CT molecular complexity index is 588. The summed E-state index contributed by atoms with van der Waals surface area (Å²) in [5.74, 6) is 0. The first kappa shape index (κ1) is 11.3. The maximum absolute atomic E-state index is 10.3. The largest absolute Gasteiger partial charge is 0.358 e. The smallest absolute Gasteiger partial charge is 0.207 e. The molecule has 0 radical (unpaired) electrons. The molecule has 1 aliphatic carbocycles. The number of fused-ring (bicyclic) bond motifs is 3. The van der Waals surface area contributed by atoms with Crippen LogP contribution in [-0.4, -0.2) is 17.4 Å². The van der Waals surface area contributed by atoms with Crippen LogP contribution in [0, 0.1) is 0 Å². The number of rotatable bonds is 3. The van der Waals surface area contributed by atoms with Gasteiger partial charge in [-0.05, 0) is 42.5 Å². The van der Waals surface area contributed by atoms with Crippen LogP contribution in [0.3, 0.4) is 0 Å². The highest BCUT2D eigenvalue weighted by Gasteiger charge is 2.19. The van der Waals surface area contributed by atoms with Gasteiger partial charge in [-0.25, -0.2) is 0 Å². The summed E-state index contributed by atoms with van der Waals surface area (Å²) in [6.45, 7) is 0.575. The van der Waals surface area contributed by atoms with Crippen LogP contribution in [0.25, 0.3) is 10.9 Å². The number of hydrogen-bond donors (Lipinski definition) is 3. The quantitative estimate of drug-likeness (QED) is 0.709. The van der Waals surface area contributed by atoms with Gasteiger partial charge in [0.25, 0.3) is 0 Å². The molecule has 94 valence electrons. The fourth-order valence-corrected chi connectivity index (χ4v) is 2.76. The Morgan fingerprint density at radius 2 is 2.39 bits per heavy atom. The summed E-state index contributed by atoms with van der Waals surface area (Å²) in [7, 11) is 0. The van der Waals surface area contributed by atoms with E-state index in [0.29, 0.717) is 6.54 Å². The molecule has 1 aliphatic rings. The van der Waals surface area contributed by atoms with Gasteiger partial charge in [0.2, 0.25) is 6.41 Å². The van der Waals surface area contributed by atoms with Crippen LogP contribution in [0.2, 0.25) is 0 Å². The average Bonchev–Trinajstić information content (AvgIpc) is 2.74. The average molecular weight is 243 g/mol. The third kappa shape index (κ3) is 1.88. The summed E-state index contributed by atoms with van der Waals surface area (Å²) in [5.41, 5.74) is 11.0. The zero-order chi connectivity index (χ0) is 12.5. The molecule has 0 saturated heterocycles. The highest BCUT2D eigenvalue weighted by Crippen LogP contribution is 2.29. The van der Waals surface area contributed by atoms with Gasteiger partial charge in [-0.15, -0.1) is 0 Å². The summed E-state index contributed by atoms with van der Waals surface area (Å²) < 4.78 is 0. The molecular weight excluding hydrogens is 226 g/mol. The summed E-state index contributed by atoms with van der Waals surface area (Å²) >= 11 is 0. The normalized spacial score (nSPS) is 18.6. The van der Waals surface area contributed by atoms with Crippen molar-refractivity contribution in [3.63, 3.8) is 0 Å². The Balaban J connectivity index is 2.03. The van der Waals surface area contributed by atoms with E-state index in [2.05, 4.69) is 22.4 Å². The van der Waals surface area contributed by atoms with Crippen LogP contribution in [0.15, 0.2) is 18.2 Å². The number of H-pyrrole nitrogens is 1. The van der Waals surface area contributed by atoms with Gasteiger partial charge in [-0.1, -0.05) is 6.07 Å². The van der Waals surface area contributed by atoms with Crippen molar-refractivity contribution in [3.05, 3.63) is 35.0 Å². The standard InChI is InChI=1S/C14H17N3O/c15-10-2-4-14-12(6-10)11-5-9(7-16-8-18)1-3-13(11)17-14/h1,3,5,8,10,17H,2,4,6-7,15H2,(H,16,18). The van der Waals surface area contributed by atoms with E-state index in [4.69, 9.17) is 5.73 Å². The summed E-state index contributed by atoms with van der Waals surface area (Å²) in [6.07, 6.45) is 3.76. The van der Waals surface area contributed by atoms with Crippen molar-refractivity contribution >= 4 is 17.3 Å². The van der Waals surface area contributed by atoms with Crippen molar-refractivity contribution in [2.75, 3.05) is 0 Å². The Labute approximate surface area is 106 Å². The zero-order valence-corrected chi connectivity index (χ0v) is 10.2. The second kappa shape index (κ2) is 4.46. The van der Waals surface area contributed by atoms with Gasteiger partial charge in [0.15, 0.2) is 0 Å². The number of nitrogens with one attached hydrogen (secondary N) is 2. The minimum Gasteiger partial charge on any atom is -0.358 e. The molecule has 0 aliphatic heterocycles. The van der Waals surface area contributed by atoms with E-state index >= 15 is 0 Å². The number of aromatic amines is 1. The summed E-state index contributed by atoms with van der Waals surface area (Å²) in [5, 5.41) is 3.95. The third-order valence-corrected chi connectivity index (χ3v) is 3.68. The van der Waals surface area contributed by atoms with E-state index in [9.17, 15) is 4.79 Å². The monoisotopic (exact) mass is 243 g/mol. The molecule has 1 aromatic heterocycles. The molecule has 18 heavy (non-hydrogen) atoms. The lowest BCUT2D eigenvalue weighted by Crippen LogP contribution is -2.27. The van der Waals surface area contributed by atoms with Crippen molar-refractivity contribution in [2.45, 2.75) is 31.8 Å². The van der Waals surface area contributed by atoms with E-state index in [1.807, 2.05) is 6.07 Å². The number of nitrogens with two attached hydrogens (primary N) is 1. The van der Waals surface area contributed by atoms with Crippen molar-refractivity contribution in [1.82, 2.24) is 10.3 Å². The number of aromatic nitrogens is 1. The fourth-order valence-electron chi connectivity index (χ4n) is 2.76. The lowest BCUT2D eigenvalue weighted by atomic mass is 9.92. The first-order valence-electron chi connectivity index (χ1n) is 6.33. The number of amides is 1. The van der Waals surface area contributed by atoms with Crippen LogP contribution in [0.5, 0.6) is 0 Å². The second-order valence-corrected chi connectivity index (χ2v) is 4.96. The van der Waals surface area contributed by atoms with Crippen molar-refractivity contribution in [2.24, 2.45) is 5.73 Å². The van der Waals surface area contributed by atoms with Gasteiger partial charge >= 0.3 is 0 Å². The molecule has 0 bridgehead atoms.